The van der Waals surface area contributed by atoms with Crippen LogP contribution in [0, 0.1) is 6.92 Å². The van der Waals surface area contributed by atoms with E-state index in [0.717, 1.165) is 12.1 Å². The van der Waals surface area contributed by atoms with Crippen LogP contribution in [-0.4, -0.2) is 15.3 Å². The molecule has 2 rings (SSSR count). The van der Waals surface area contributed by atoms with Gasteiger partial charge in [0.2, 0.25) is 5.12 Å². The predicted molar refractivity (Wildman–Crippen MR) is 60.7 cm³/mol. The number of pyridine rings is 1. The van der Waals surface area contributed by atoms with Crippen molar-refractivity contribution in [3.8, 4) is 0 Å². The molecule has 0 atom stereocenters. The molecule has 0 spiro atoms. The molecule has 0 aliphatic heterocycles. The molecule has 0 N–H and O–H groups in total. The van der Waals surface area contributed by atoms with Gasteiger partial charge in [-0.05, 0) is 30.8 Å². The zero-order valence-corrected chi connectivity index (χ0v) is 10.4. The van der Waals surface area contributed by atoms with Gasteiger partial charge in [-0.15, -0.1) is 0 Å². The van der Waals surface area contributed by atoms with Crippen molar-refractivity contribution >= 4 is 16.9 Å². The summed E-state index contributed by atoms with van der Waals surface area (Å²) >= 11 is 0.689. The lowest BCUT2D eigenvalue weighted by Gasteiger charge is -2.05. The molecule has 0 aliphatic rings. The number of hydrogen-bond donors (Lipinski definition) is 0. The Labute approximate surface area is 110 Å². The van der Waals surface area contributed by atoms with Crippen molar-refractivity contribution in [1.82, 2.24) is 10.1 Å². The normalized spacial score (nSPS) is 11.6. The van der Waals surface area contributed by atoms with Gasteiger partial charge in [-0.2, -0.15) is 13.2 Å². The number of alkyl halides is 3. The monoisotopic (exact) mass is 288 g/mol. The van der Waals surface area contributed by atoms with Crippen LogP contribution in [0.15, 0.2) is 33.9 Å². The molecule has 0 bridgehead atoms. The van der Waals surface area contributed by atoms with Crippen LogP contribution in [-0.2, 0) is 6.18 Å². The predicted octanol–water partition coefficient (Wildman–Crippen LogP) is 3.33. The molecule has 0 saturated heterocycles. The summed E-state index contributed by atoms with van der Waals surface area (Å²) in [5.41, 5.74) is -0.759. The highest BCUT2D eigenvalue weighted by atomic mass is 32.2. The molecule has 0 radical (unpaired) electrons. The van der Waals surface area contributed by atoms with Gasteiger partial charge in [0, 0.05) is 12.3 Å². The Morgan fingerprint density at radius 2 is 2.11 bits per heavy atom. The van der Waals surface area contributed by atoms with E-state index in [1.54, 1.807) is 6.92 Å². The molecule has 100 valence electrons. The SMILES string of the molecule is Cc1cc(C(=O)Sc2ccc(C(F)(F)F)cn2)no1. The molecule has 2 aromatic rings. The van der Waals surface area contributed by atoms with Crippen molar-refractivity contribution in [1.29, 1.82) is 0 Å². The van der Waals surface area contributed by atoms with Crippen molar-refractivity contribution in [3.05, 3.63) is 41.4 Å². The average molecular weight is 288 g/mol. The molecule has 8 heteroatoms. The van der Waals surface area contributed by atoms with Crippen LogP contribution in [0.3, 0.4) is 0 Å². The van der Waals surface area contributed by atoms with Crippen molar-refractivity contribution in [2.75, 3.05) is 0 Å². The minimum Gasteiger partial charge on any atom is -0.361 e. The molecular weight excluding hydrogens is 281 g/mol. The lowest BCUT2D eigenvalue weighted by molar-refractivity contribution is -0.137. The van der Waals surface area contributed by atoms with Gasteiger partial charge in [-0.1, -0.05) is 5.16 Å². The quantitative estimate of drug-likeness (QED) is 0.793. The zero-order valence-electron chi connectivity index (χ0n) is 9.56. The molecule has 0 aromatic carbocycles. The lowest BCUT2D eigenvalue weighted by atomic mass is 10.3. The largest absolute Gasteiger partial charge is 0.417 e. The van der Waals surface area contributed by atoms with Crippen LogP contribution >= 0.6 is 11.8 Å². The summed E-state index contributed by atoms with van der Waals surface area (Å²) < 4.78 is 41.7. The third-order valence-electron chi connectivity index (χ3n) is 2.10. The number of carbonyl (C=O) groups is 1. The first-order valence-corrected chi connectivity index (χ1v) is 5.86. The summed E-state index contributed by atoms with van der Waals surface area (Å²) in [7, 11) is 0. The number of aryl methyl sites for hydroxylation is 1. The van der Waals surface area contributed by atoms with Crippen LogP contribution in [0.2, 0.25) is 0 Å². The third kappa shape index (κ3) is 3.34. The van der Waals surface area contributed by atoms with Crippen molar-refractivity contribution in [3.63, 3.8) is 0 Å². The first-order chi connectivity index (χ1) is 8.86. The maximum atomic E-state index is 12.3. The van der Waals surface area contributed by atoms with Gasteiger partial charge in [-0.3, -0.25) is 4.79 Å². The molecule has 4 nitrogen and oxygen atoms in total. The van der Waals surface area contributed by atoms with E-state index in [9.17, 15) is 18.0 Å². The number of nitrogens with zero attached hydrogens (tertiary/aromatic N) is 2. The van der Waals surface area contributed by atoms with E-state index in [2.05, 4.69) is 10.1 Å². The highest BCUT2D eigenvalue weighted by Crippen LogP contribution is 2.30. The average Bonchev–Trinajstić information content (AvgIpc) is 2.75. The van der Waals surface area contributed by atoms with Crippen LogP contribution in [0.1, 0.15) is 21.8 Å². The molecule has 0 unspecified atom stereocenters. The van der Waals surface area contributed by atoms with Crippen LogP contribution < -0.4 is 0 Å². The molecule has 0 saturated carbocycles. The highest BCUT2D eigenvalue weighted by Gasteiger charge is 2.30. The first kappa shape index (κ1) is 13.6. The third-order valence-corrected chi connectivity index (χ3v) is 2.94. The van der Waals surface area contributed by atoms with Crippen molar-refractivity contribution < 1.29 is 22.5 Å². The van der Waals surface area contributed by atoms with E-state index in [1.165, 1.54) is 6.07 Å². The van der Waals surface area contributed by atoms with Crippen LogP contribution in [0.25, 0.3) is 0 Å². The van der Waals surface area contributed by atoms with Gasteiger partial charge < -0.3 is 4.52 Å². The van der Waals surface area contributed by atoms with Gasteiger partial charge >= 0.3 is 6.18 Å². The molecule has 0 amide bonds. The molecular formula is C11H7F3N2O2S. The van der Waals surface area contributed by atoms with Gasteiger partial charge in [0.05, 0.1) is 5.56 Å². The summed E-state index contributed by atoms with van der Waals surface area (Å²) in [6.07, 6.45) is -3.76. The Morgan fingerprint density at radius 1 is 1.37 bits per heavy atom. The van der Waals surface area contributed by atoms with E-state index in [0.29, 0.717) is 23.7 Å². The summed E-state index contributed by atoms with van der Waals surface area (Å²) in [6.45, 7) is 1.63. The summed E-state index contributed by atoms with van der Waals surface area (Å²) in [5, 5.41) is 3.24. The Morgan fingerprint density at radius 3 is 2.58 bits per heavy atom. The number of rotatable bonds is 2. The van der Waals surface area contributed by atoms with E-state index >= 15 is 0 Å². The Bertz CT molecular complexity index is 593. The molecule has 0 fully saturated rings. The standard InChI is InChI=1S/C11H7F3N2O2S/c1-6-4-8(16-18-6)10(17)19-9-3-2-7(5-15-9)11(12,13)14/h2-5H,1H3. The Kier molecular flexibility index (Phi) is 3.61. The zero-order chi connectivity index (χ0) is 14.0. The Hall–Kier alpha value is -1.83. The van der Waals surface area contributed by atoms with E-state index in [4.69, 9.17) is 4.52 Å². The molecule has 19 heavy (non-hydrogen) atoms. The number of carbonyl (C=O) groups excluding carboxylic acids is 1. The fourth-order valence-electron chi connectivity index (χ4n) is 1.22. The highest BCUT2D eigenvalue weighted by molar-refractivity contribution is 8.14. The summed E-state index contributed by atoms with van der Waals surface area (Å²) in [5.74, 6) is 0.476. The number of hydrogen-bond acceptors (Lipinski definition) is 5. The van der Waals surface area contributed by atoms with E-state index in [-0.39, 0.29) is 10.7 Å². The van der Waals surface area contributed by atoms with Gasteiger partial charge in [0.1, 0.15) is 10.8 Å². The van der Waals surface area contributed by atoms with Crippen molar-refractivity contribution in [2.45, 2.75) is 18.1 Å². The maximum Gasteiger partial charge on any atom is 0.417 e. The van der Waals surface area contributed by atoms with Gasteiger partial charge in [-0.25, -0.2) is 4.98 Å². The second kappa shape index (κ2) is 5.04. The van der Waals surface area contributed by atoms with Crippen LogP contribution in [0.5, 0.6) is 0 Å². The van der Waals surface area contributed by atoms with E-state index in [1.807, 2.05) is 0 Å². The molecule has 0 aliphatic carbocycles. The first-order valence-electron chi connectivity index (χ1n) is 5.05. The minimum absolute atomic E-state index is 0.101. The fraction of sp³-hybridized carbons (Fsp3) is 0.182. The number of aromatic nitrogens is 2. The van der Waals surface area contributed by atoms with Gasteiger partial charge in [0.25, 0.3) is 0 Å². The maximum absolute atomic E-state index is 12.3. The Balaban J connectivity index is 2.10. The summed E-state index contributed by atoms with van der Waals surface area (Å²) in [6, 6.07) is 3.45. The molecule has 2 aromatic heterocycles. The second-order valence-corrected chi connectivity index (χ2v) is 4.59. The molecule has 2 heterocycles. The number of halogens is 3. The fourth-order valence-corrected chi connectivity index (χ4v) is 1.85. The number of thioether (sulfide) groups is 1. The smallest absolute Gasteiger partial charge is 0.361 e. The lowest BCUT2D eigenvalue weighted by Crippen LogP contribution is -2.05. The minimum atomic E-state index is -4.44. The van der Waals surface area contributed by atoms with Gasteiger partial charge in [0.15, 0.2) is 5.69 Å². The summed E-state index contributed by atoms with van der Waals surface area (Å²) in [4.78, 5) is 15.3. The van der Waals surface area contributed by atoms with E-state index < -0.39 is 16.9 Å². The second-order valence-electron chi connectivity index (χ2n) is 3.60. The topological polar surface area (TPSA) is 56.0 Å². The van der Waals surface area contributed by atoms with Crippen molar-refractivity contribution in [2.24, 2.45) is 0 Å². The van der Waals surface area contributed by atoms with Crippen LogP contribution in [0.4, 0.5) is 13.2 Å².